The van der Waals surface area contributed by atoms with Gasteiger partial charge in [-0.25, -0.2) is 9.59 Å². The first kappa shape index (κ1) is 29.9. The molecule has 3 aromatic rings. The lowest BCUT2D eigenvalue weighted by atomic mass is 9.57. The molecule has 1 saturated carbocycles. The molecule has 6 atom stereocenters. The Kier molecular flexibility index (Phi) is 6.96. The molecule has 0 bridgehead atoms. The largest absolute Gasteiger partial charge is 0.504 e. The summed E-state index contributed by atoms with van der Waals surface area (Å²) in [7, 11) is 1.39. The van der Waals surface area contributed by atoms with E-state index in [-0.39, 0.29) is 46.8 Å². The molecule has 12 nitrogen and oxygen atoms in total. The number of para-hydroxylation sites is 1. The van der Waals surface area contributed by atoms with Crippen LogP contribution in [0.5, 0.6) is 11.5 Å². The first-order valence-corrected chi connectivity index (χ1v) is 15.0. The van der Waals surface area contributed by atoms with Crippen LogP contribution in [0.4, 0.5) is 11.4 Å². The smallest absolute Gasteiger partial charge is 0.335 e. The number of amides is 4. The summed E-state index contributed by atoms with van der Waals surface area (Å²) in [6.07, 6.45) is 2.12. The maximum Gasteiger partial charge on any atom is 0.335 e. The molecule has 4 amide bonds. The lowest BCUT2D eigenvalue weighted by Crippen LogP contribution is -2.43. The van der Waals surface area contributed by atoms with E-state index in [1.54, 1.807) is 18.2 Å². The second kappa shape index (κ2) is 10.9. The van der Waals surface area contributed by atoms with Crippen molar-refractivity contribution < 1.29 is 48.8 Å². The lowest BCUT2D eigenvalue weighted by molar-refractivity contribution is -0.126. The Bertz CT molecular complexity index is 1920. The van der Waals surface area contributed by atoms with E-state index in [1.807, 2.05) is 6.08 Å². The first-order chi connectivity index (χ1) is 22.5. The molecule has 2 heterocycles. The average molecular weight is 637 g/mol. The monoisotopic (exact) mass is 636 g/mol. The number of fused-ring (bicyclic) bond motifs is 4. The number of carbonyl (C=O) groups excluding carboxylic acids is 4. The van der Waals surface area contributed by atoms with Crippen molar-refractivity contribution in [1.82, 2.24) is 0 Å². The van der Waals surface area contributed by atoms with Gasteiger partial charge in [-0.3, -0.25) is 29.0 Å². The Morgan fingerprint density at radius 3 is 1.77 bits per heavy atom. The number of allylic oxidation sites excluding steroid dienone is 2. The second-order valence-corrected chi connectivity index (χ2v) is 12.2. The third kappa shape index (κ3) is 4.43. The number of carboxylic acids is 2. The van der Waals surface area contributed by atoms with E-state index in [0.717, 1.165) is 9.80 Å². The summed E-state index contributed by atoms with van der Waals surface area (Å²) in [5.74, 6) is -9.23. The minimum atomic E-state index is -1.16. The number of rotatable bonds is 6. The molecular weight excluding hydrogens is 608 g/mol. The SMILES string of the molecule is COc1cccc([C@H]2C3=CC[C@@H]4C(=O)N(c5ccc(C(=O)O)cc5)C(=O)[C@@H]4[C@@H]3C[C@H]3C(=O)N(c4ccc(C(=O)O)cc4)C(=O)[C@@H]23)c1O. The van der Waals surface area contributed by atoms with E-state index in [9.17, 15) is 44.1 Å². The molecule has 238 valence electrons. The molecule has 3 aromatic carbocycles. The number of ether oxygens (including phenoxy) is 1. The molecular formula is C35H28N2O10. The Hall–Kier alpha value is -5.78. The molecule has 2 saturated heterocycles. The number of methoxy groups -OCH3 is 1. The highest BCUT2D eigenvalue weighted by atomic mass is 16.5. The van der Waals surface area contributed by atoms with Crippen molar-refractivity contribution in [2.45, 2.75) is 18.8 Å². The third-order valence-corrected chi connectivity index (χ3v) is 9.98. The van der Waals surface area contributed by atoms with Gasteiger partial charge in [0.1, 0.15) is 0 Å². The number of aromatic carboxylic acids is 2. The van der Waals surface area contributed by atoms with E-state index in [1.165, 1.54) is 55.6 Å². The molecule has 0 radical (unpaired) electrons. The van der Waals surface area contributed by atoms with Crippen molar-refractivity contribution in [2.24, 2.45) is 29.6 Å². The van der Waals surface area contributed by atoms with Crippen LogP contribution in [0.15, 0.2) is 78.4 Å². The fraction of sp³-hybridized carbons (Fsp3) is 0.257. The highest BCUT2D eigenvalue weighted by Crippen LogP contribution is 2.59. The highest BCUT2D eigenvalue weighted by Gasteiger charge is 2.62. The van der Waals surface area contributed by atoms with Crippen LogP contribution in [0, 0.1) is 29.6 Å². The number of carbonyl (C=O) groups is 6. The molecule has 47 heavy (non-hydrogen) atoms. The zero-order chi connectivity index (χ0) is 33.3. The summed E-state index contributed by atoms with van der Waals surface area (Å²) in [6, 6.07) is 15.7. The fourth-order valence-electron chi connectivity index (χ4n) is 7.91. The number of imide groups is 2. The van der Waals surface area contributed by atoms with Gasteiger partial charge in [0.2, 0.25) is 23.6 Å². The molecule has 0 unspecified atom stereocenters. The van der Waals surface area contributed by atoms with Gasteiger partial charge in [-0.1, -0.05) is 23.8 Å². The van der Waals surface area contributed by atoms with Gasteiger partial charge in [0.15, 0.2) is 11.5 Å². The normalized spacial score (nSPS) is 26.4. The molecule has 3 N–H and O–H groups in total. The van der Waals surface area contributed by atoms with Gasteiger partial charge in [-0.2, -0.15) is 0 Å². The van der Waals surface area contributed by atoms with Crippen molar-refractivity contribution in [1.29, 1.82) is 0 Å². The summed E-state index contributed by atoms with van der Waals surface area (Å²) >= 11 is 0. The van der Waals surface area contributed by atoms with E-state index in [0.29, 0.717) is 11.1 Å². The summed E-state index contributed by atoms with van der Waals surface area (Å²) in [4.78, 5) is 81.1. The Labute approximate surface area is 267 Å². The number of aromatic hydroxyl groups is 1. The van der Waals surface area contributed by atoms with Crippen molar-refractivity contribution in [3.05, 3.63) is 95.1 Å². The average Bonchev–Trinajstić information content (AvgIpc) is 3.47. The minimum Gasteiger partial charge on any atom is -0.504 e. The molecule has 2 aliphatic heterocycles. The Morgan fingerprint density at radius 1 is 0.702 bits per heavy atom. The molecule has 0 spiro atoms. The van der Waals surface area contributed by atoms with E-state index >= 15 is 0 Å². The highest BCUT2D eigenvalue weighted by molar-refractivity contribution is 6.24. The fourth-order valence-corrected chi connectivity index (χ4v) is 7.91. The van der Waals surface area contributed by atoms with Crippen molar-refractivity contribution >= 4 is 46.9 Å². The van der Waals surface area contributed by atoms with Gasteiger partial charge in [0, 0.05) is 11.5 Å². The number of phenolic OH excluding ortho intramolecular Hbond substituents is 1. The maximum atomic E-state index is 14.2. The molecule has 7 rings (SSSR count). The number of carboxylic acid groups (broad SMARTS) is 2. The van der Waals surface area contributed by atoms with Gasteiger partial charge >= 0.3 is 11.9 Å². The number of nitrogens with zero attached hydrogens (tertiary/aromatic N) is 2. The van der Waals surface area contributed by atoms with Gasteiger partial charge < -0.3 is 20.1 Å². The number of phenols is 1. The van der Waals surface area contributed by atoms with Crippen molar-refractivity contribution in [2.75, 3.05) is 16.9 Å². The van der Waals surface area contributed by atoms with Crippen LogP contribution in [0.1, 0.15) is 45.0 Å². The summed E-state index contributed by atoms with van der Waals surface area (Å²) < 4.78 is 5.36. The van der Waals surface area contributed by atoms with Crippen molar-refractivity contribution in [3.8, 4) is 11.5 Å². The summed E-state index contributed by atoms with van der Waals surface area (Å²) in [5, 5.41) is 29.9. The maximum absolute atomic E-state index is 14.2. The molecule has 0 aromatic heterocycles. The first-order valence-electron chi connectivity index (χ1n) is 15.0. The van der Waals surface area contributed by atoms with E-state index in [4.69, 9.17) is 4.74 Å². The summed E-state index contributed by atoms with van der Waals surface area (Å²) in [5.41, 5.74) is 1.43. The molecule has 12 heteroatoms. The molecule has 2 aliphatic carbocycles. The van der Waals surface area contributed by atoms with Gasteiger partial charge in [-0.05, 0) is 73.4 Å². The quantitative estimate of drug-likeness (QED) is 0.266. The number of hydrogen-bond acceptors (Lipinski definition) is 8. The van der Waals surface area contributed by atoms with Crippen LogP contribution in [-0.2, 0) is 19.2 Å². The van der Waals surface area contributed by atoms with Crippen LogP contribution in [0.2, 0.25) is 0 Å². The van der Waals surface area contributed by atoms with Crippen LogP contribution < -0.4 is 14.5 Å². The predicted octanol–water partition coefficient (Wildman–Crippen LogP) is 3.84. The number of anilines is 2. The Balaban J connectivity index is 1.32. The number of hydrogen-bond donors (Lipinski definition) is 3. The minimum absolute atomic E-state index is 0.0000394. The van der Waals surface area contributed by atoms with E-state index in [2.05, 4.69) is 0 Å². The van der Waals surface area contributed by atoms with Crippen LogP contribution in [-0.4, -0.2) is 58.0 Å². The van der Waals surface area contributed by atoms with Crippen LogP contribution in [0.25, 0.3) is 0 Å². The zero-order valence-corrected chi connectivity index (χ0v) is 24.9. The van der Waals surface area contributed by atoms with Crippen LogP contribution in [0.3, 0.4) is 0 Å². The number of benzene rings is 3. The zero-order valence-electron chi connectivity index (χ0n) is 24.9. The van der Waals surface area contributed by atoms with E-state index < -0.39 is 71.1 Å². The predicted molar refractivity (Wildman–Crippen MR) is 164 cm³/mol. The van der Waals surface area contributed by atoms with Gasteiger partial charge in [0.25, 0.3) is 0 Å². The lowest BCUT2D eigenvalue weighted by Gasteiger charge is -2.44. The second-order valence-electron chi connectivity index (χ2n) is 12.2. The standard InChI is InChI=1S/C35H28N2O10/c1-47-25-4-2-3-21(29(25)38)26-20-13-14-22-27(32(41)36(30(22)39)18-9-5-16(6-10-18)34(43)44)23(20)15-24-28(26)33(42)37(31(24)40)19-11-7-17(8-12-19)35(45)46/h2-13,22-24,26-28,38H,14-15H2,1H3,(H,43,44)(H,45,46)/t22-,23+,24+,26+,27-,28+/m0/s1. The van der Waals surface area contributed by atoms with Gasteiger partial charge in [-0.15, -0.1) is 0 Å². The van der Waals surface area contributed by atoms with Crippen molar-refractivity contribution in [3.63, 3.8) is 0 Å². The molecule has 3 fully saturated rings. The molecule has 4 aliphatic rings. The van der Waals surface area contributed by atoms with Gasteiger partial charge in [0.05, 0.1) is 53.3 Å². The topological polar surface area (TPSA) is 179 Å². The summed E-state index contributed by atoms with van der Waals surface area (Å²) in [6.45, 7) is 0. The Morgan fingerprint density at radius 2 is 1.23 bits per heavy atom. The van der Waals surface area contributed by atoms with Crippen LogP contribution >= 0.6 is 0 Å². The third-order valence-electron chi connectivity index (χ3n) is 9.98.